The van der Waals surface area contributed by atoms with E-state index >= 15 is 0 Å². The first-order valence-corrected chi connectivity index (χ1v) is 7.55. The van der Waals surface area contributed by atoms with Crippen molar-refractivity contribution >= 4 is 23.2 Å². The molecule has 0 aliphatic carbocycles. The summed E-state index contributed by atoms with van der Waals surface area (Å²) in [7, 11) is 0. The first-order chi connectivity index (χ1) is 11.3. The fraction of sp³-hybridized carbons (Fsp3) is 0.125. The molecular weight excluding hydrogens is 314 g/mol. The molecule has 0 bridgehead atoms. The Bertz CT molecular complexity index is 878. The topological polar surface area (TPSA) is 63.9 Å². The average Bonchev–Trinajstić information content (AvgIpc) is 3.24. The van der Waals surface area contributed by atoms with Gasteiger partial charge in [0.05, 0.1) is 11.3 Å². The number of nitrogens with zero attached hydrogens (tertiary/aromatic N) is 5. The van der Waals surface area contributed by atoms with Gasteiger partial charge in [-0.05, 0) is 46.7 Å². The second-order valence-corrected chi connectivity index (χ2v) is 5.62. The van der Waals surface area contributed by atoms with E-state index in [0.29, 0.717) is 22.8 Å². The van der Waals surface area contributed by atoms with Gasteiger partial charge in [-0.3, -0.25) is 4.79 Å². The second-order valence-electron chi connectivity index (χ2n) is 5.22. The molecule has 0 unspecified atom stereocenters. The molecule has 0 atom stereocenters. The maximum atomic E-state index is 13.0. The molecule has 2 heterocycles. The Hall–Kier alpha value is -2.73. The van der Waals surface area contributed by atoms with Gasteiger partial charge >= 0.3 is 0 Å². The van der Waals surface area contributed by atoms with Crippen LogP contribution in [-0.2, 0) is 6.42 Å². The molecule has 1 amide bonds. The number of hydrogen-bond donors (Lipinski definition) is 0. The molecule has 0 saturated carbocycles. The quantitative estimate of drug-likeness (QED) is 0.726. The van der Waals surface area contributed by atoms with E-state index in [1.807, 2.05) is 36.4 Å². The smallest absolute Gasteiger partial charge is 0.260 e. The Balaban J connectivity index is 1.77. The van der Waals surface area contributed by atoms with Crippen molar-refractivity contribution in [1.82, 2.24) is 20.2 Å². The maximum absolute atomic E-state index is 13.0. The summed E-state index contributed by atoms with van der Waals surface area (Å²) in [4.78, 5) is 14.8. The standard InChI is InChI=1S/C16H12ClN5O/c17-13-5-3-7-14-11(13)8-9-21(14)16(23)12-4-1-2-6-15(12)22-10-18-19-20-22/h1-7,10H,8-9H2. The van der Waals surface area contributed by atoms with E-state index in [1.54, 1.807) is 11.0 Å². The van der Waals surface area contributed by atoms with Crippen LogP contribution in [0.5, 0.6) is 0 Å². The summed E-state index contributed by atoms with van der Waals surface area (Å²) < 4.78 is 1.49. The van der Waals surface area contributed by atoms with Crippen molar-refractivity contribution in [2.24, 2.45) is 0 Å². The zero-order valence-corrected chi connectivity index (χ0v) is 12.8. The van der Waals surface area contributed by atoms with E-state index in [2.05, 4.69) is 15.5 Å². The summed E-state index contributed by atoms with van der Waals surface area (Å²) in [6, 6.07) is 12.9. The lowest BCUT2D eigenvalue weighted by Crippen LogP contribution is -2.29. The number of hydrogen-bond acceptors (Lipinski definition) is 4. The van der Waals surface area contributed by atoms with Crippen LogP contribution in [0.15, 0.2) is 48.8 Å². The minimum Gasteiger partial charge on any atom is -0.308 e. The molecule has 4 rings (SSSR count). The normalized spacial score (nSPS) is 13.2. The number of rotatable bonds is 2. The highest BCUT2D eigenvalue weighted by Gasteiger charge is 2.28. The predicted octanol–water partition coefficient (Wildman–Crippen LogP) is 2.52. The largest absolute Gasteiger partial charge is 0.308 e. The van der Waals surface area contributed by atoms with Crippen LogP contribution in [-0.4, -0.2) is 32.7 Å². The Morgan fingerprint density at radius 3 is 2.74 bits per heavy atom. The molecule has 0 radical (unpaired) electrons. The van der Waals surface area contributed by atoms with Gasteiger partial charge in [0, 0.05) is 17.3 Å². The summed E-state index contributed by atoms with van der Waals surface area (Å²) in [5.41, 5.74) is 3.09. The van der Waals surface area contributed by atoms with Gasteiger partial charge in [-0.1, -0.05) is 29.8 Å². The third-order valence-electron chi connectivity index (χ3n) is 3.95. The lowest BCUT2D eigenvalue weighted by atomic mass is 10.1. The number of anilines is 1. The van der Waals surface area contributed by atoms with Crippen LogP contribution < -0.4 is 4.90 Å². The van der Waals surface area contributed by atoms with E-state index in [1.165, 1.54) is 11.0 Å². The fourth-order valence-electron chi connectivity index (χ4n) is 2.87. The Morgan fingerprint density at radius 2 is 1.91 bits per heavy atom. The summed E-state index contributed by atoms with van der Waals surface area (Å²) in [6.45, 7) is 0.613. The number of carbonyl (C=O) groups excluding carboxylic acids is 1. The molecule has 114 valence electrons. The van der Waals surface area contributed by atoms with Crippen molar-refractivity contribution in [3.8, 4) is 5.69 Å². The maximum Gasteiger partial charge on any atom is 0.260 e. The van der Waals surface area contributed by atoms with Crippen molar-refractivity contribution < 1.29 is 4.79 Å². The monoisotopic (exact) mass is 325 g/mol. The molecule has 1 aliphatic heterocycles. The number of tetrazole rings is 1. The van der Waals surface area contributed by atoms with E-state index in [9.17, 15) is 4.79 Å². The van der Waals surface area contributed by atoms with Crippen molar-refractivity contribution in [2.45, 2.75) is 6.42 Å². The number of amides is 1. The average molecular weight is 326 g/mol. The third kappa shape index (κ3) is 2.27. The molecule has 0 saturated heterocycles. The molecule has 1 aliphatic rings. The van der Waals surface area contributed by atoms with Gasteiger partial charge < -0.3 is 4.90 Å². The lowest BCUT2D eigenvalue weighted by molar-refractivity contribution is 0.0989. The van der Waals surface area contributed by atoms with Gasteiger partial charge in [-0.25, -0.2) is 0 Å². The predicted molar refractivity (Wildman–Crippen MR) is 86.0 cm³/mol. The molecule has 3 aromatic rings. The SMILES string of the molecule is O=C(c1ccccc1-n1cnnn1)N1CCc2c(Cl)cccc21. The van der Waals surface area contributed by atoms with Crippen LogP contribution in [0.4, 0.5) is 5.69 Å². The van der Waals surface area contributed by atoms with E-state index in [4.69, 9.17) is 11.6 Å². The molecule has 6 nitrogen and oxygen atoms in total. The summed E-state index contributed by atoms with van der Waals surface area (Å²) in [5, 5.41) is 11.8. The summed E-state index contributed by atoms with van der Waals surface area (Å²) in [6.07, 6.45) is 2.23. The van der Waals surface area contributed by atoms with Crippen LogP contribution >= 0.6 is 11.6 Å². The fourth-order valence-corrected chi connectivity index (χ4v) is 3.14. The molecule has 23 heavy (non-hydrogen) atoms. The number of carbonyl (C=O) groups is 1. The highest BCUT2D eigenvalue weighted by Crippen LogP contribution is 2.34. The Kier molecular flexibility index (Phi) is 3.31. The minimum absolute atomic E-state index is 0.0860. The molecule has 2 aromatic carbocycles. The van der Waals surface area contributed by atoms with Gasteiger partial charge in [0.2, 0.25) is 0 Å². The molecule has 1 aromatic heterocycles. The molecule has 0 spiro atoms. The lowest BCUT2D eigenvalue weighted by Gasteiger charge is -2.19. The zero-order chi connectivity index (χ0) is 15.8. The highest BCUT2D eigenvalue weighted by molar-refractivity contribution is 6.32. The highest BCUT2D eigenvalue weighted by atomic mass is 35.5. The van der Waals surface area contributed by atoms with Gasteiger partial charge in [0.1, 0.15) is 6.33 Å². The third-order valence-corrected chi connectivity index (χ3v) is 4.30. The zero-order valence-electron chi connectivity index (χ0n) is 12.1. The van der Waals surface area contributed by atoms with Crippen LogP contribution in [0.1, 0.15) is 15.9 Å². The summed E-state index contributed by atoms with van der Waals surface area (Å²) in [5.74, 6) is -0.0860. The number of para-hydroxylation sites is 1. The minimum atomic E-state index is -0.0860. The second kappa shape index (κ2) is 5.48. The van der Waals surface area contributed by atoms with E-state index < -0.39 is 0 Å². The van der Waals surface area contributed by atoms with Gasteiger partial charge in [-0.15, -0.1) is 5.10 Å². The van der Waals surface area contributed by atoms with Gasteiger partial charge in [-0.2, -0.15) is 4.68 Å². The van der Waals surface area contributed by atoms with E-state index in [-0.39, 0.29) is 5.91 Å². The molecular formula is C16H12ClN5O. The molecule has 7 heteroatoms. The number of aromatic nitrogens is 4. The van der Waals surface area contributed by atoms with Crippen LogP contribution in [0.25, 0.3) is 5.69 Å². The number of fused-ring (bicyclic) bond motifs is 1. The van der Waals surface area contributed by atoms with Crippen molar-refractivity contribution in [2.75, 3.05) is 11.4 Å². The Labute approximate surface area is 137 Å². The van der Waals surface area contributed by atoms with Crippen molar-refractivity contribution in [3.05, 3.63) is 64.9 Å². The number of halogens is 1. The Morgan fingerprint density at radius 1 is 1.09 bits per heavy atom. The summed E-state index contributed by atoms with van der Waals surface area (Å²) >= 11 is 6.23. The van der Waals surface area contributed by atoms with Crippen molar-refractivity contribution in [3.63, 3.8) is 0 Å². The van der Waals surface area contributed by atoms with Crippen molar-refractivity contribution in [1.29, 1.82) is 0 Å². The van der Waals surface area contributed by atoms with E-state index in [0.717, 1.165) is 17.7 Å². The number of benzene rings is 2. The van der Waals surface area contributed by atoms with Crippen LogP contribution in [0, 0.1) is 0 Å². The van der Waals surface area contributed by atoms with Gasteiger partial charge in [0.25, 0.3) is 5.91 Å². The molecule has 0 N–H and O–H groups in total. The first-order valence-electron chi connectivity index (χ1n) is 7.17. The van der Waals surface area contributed by atoms with Gasteiger partial charge in [0.15, 0.2) is 0 Å². The first kappa shape index (κ1) is 13.9. The van der Waals surface area contributed by atoms with Crippen LogP contribution in [0.2, 0.25) is 5.02 Å². The van der Waals surface area contributed by atoms with Crippen LogP contribution in [0.3, 0.4) is 0 Å². The molecule has 0 fully saturated rings.